The Morgan fingerprint density at radius 3 is 3.00 bits per heavy atom. The standard InChI is InChI=1S/C21H18FN5O/c1-3-12-6-11(2)19(15-8-23-26-20(12)15)13-4-5-18-24-17(10-27(18)9-13)25-21(28)14-7-16(14)22/h3-6,8-10,14,16H,1,7H2,2H3,(H,23,26)(H,25,28)/t14-,16+/m1/s1. The average molecular weight is 375 g/mol. The molecule has 1 aliphatic rings. The van der Waals surface area contributed by atoms with Gasteiger partial charge < -0.3 is 9.72 Å². The van der Waals surface area contributed by atoms with Gasteiger partial charge in [0.1, 0.15) is 11.8 Å². The molecule has 7 heteroatoms. The molecule has 1 saturated carbocycles. The quantitative estimate of drug-likeness (QED) is 0.563. The second kappa shape index (κ2) is 6.02. The van der Waals surface area contributed by atoms with E-state index < -0.39 is 12.1 Å². The van der Waals surface area contributed by atoms with Crippen molar-refractivity contribution in [1.29, 1.82) is 0 Å². The minimum absolute atomic E-state index is 0.296. The van der Waals surface area contributed by atoms with Crippen LogP contribution in [0.15, 0.2) is 43.4 Å². The molecule has 2 N–H and O–H groups in total. The largest absolute Gasteiger partial charge is 0.309 e. The van der Waals surface area contributed by atoms with Gasteiger partial charge in [0.05, 0.1) is 23.8 Å². The van der Waals surface area contributed by atoms with E-state index in [0.717, 1.165) is 33.2 Å². The number of carbonyl (C=O) groups is 1. The van der Waals surface area contributed by atoms with Crippen LogP contribution >= 0.6 is 0 Å². The number of fused-ring (bicyclic) bond motifs is 2. The molecule has 4 aromatic rings. The number of aromatic nitrogens is 4. The highest BCUT2D eigenvalue weighted by atomic mass is 19.1. The molecule has 140 valence electrons. The Balaban J connectivity index is 1.56. The van der Waals surface area contributed by atoms with E-state index in [0.29, 0.717) is 17.9 Å². The first-order chi connectivity index (χ1) is 13.5. The molecule has 1 aromatic carbocycles. The number of halogens is 1. The Morgan fingerprint density at radius 1 is 1.43 bits per heavy atom. The molecule has 0 radical (unpaired) electrons. The second-order valence-corrected chi connectivity index (χ2v) is 7.18. The Labute approximate surface area is 160 Å². The van der Waals surface area contributed by atoms with Crippen LogP contribution in [-0.2, 0) is 4.79 Å². The molecule has 1 aliphatic carbocycles. The highest BCUT2D eigenvalue weighted by Crippen LogP contribution is 2.35. The molecule has 28 heavy (non-hydrogen) atoms. The van der Waals surface area contributed by atoms with Crippen LogP contribution in [0.25, 0.3) is 33.8 Å². The van der Waals surface area contributed by atoms with Crippen molar-refractivity contribution in [3.63, 3.8) is 0 Å². The average Bonchev–Trinajstić information content (AvgIpc) is 3.06. The molecule has 0 saturated heterocycles. The summed E-state index contributed by atoms with van der Waals surface area (Å²) in [6, 6.07) is 5.97. The highest BCUT2D eigenvalue weighted by molar-refractivity contribution is 6.00. The van der Waals surface area contributed by atoms with Gasteiger partial charge in [-0.1, -0.05) is 12.7 Å². The van der Waals surface area contributed by atoms with Crippen LogP contribution in [0.3, 0.4) is 0 Å². The number of anilines is 1. The lowest BCUT2D eigenvalue weighted by atomic mass is 9.95. The minimum atomic E-state index is -1.03. The maximum atomic E-state index is 13.1. The van der Waals surface area contributed by atoms with Crippen molar-refractivity contribution in [2.45, 2.75) is 19.5 Å². The summed E-state index contributed by atoms with van der Waals surface area (Å²) in [7, 11) is 0. The van der Waals surface area contributed by atoms with E-state index in [1.54, 1.807) is 6.20 Å². The van der Waals surface area contributed by atoms with Gasteiger partial charge >= 0.3 is 0 Å². The first kappa shape index (κ1) is 16.7. The van der Waals surface area contributed by atoms with Crippen LogP contribution < -0.4 is 5.32 Å². The fraction of sp³-hybridized carbons (Fsp3) is 0.190. The Kier molecular flexibility index (Phi) is 3.58. The first-order valence-electron chi connectivity index (χ1n) is 9.08. The number of aromatic amines is 1. The summed E-state index contributed by atoms with van der Waals surface area (Å²) in [4.78, 5) is 16.4. The van der Waals surface area contributed by atoms with E-state index in [2.05, 4.69) is 40.1 Å². The molecular weight excluding hydrogens is 357 g/mol. The van der Waals surface area contributed by atoms with E-state index in [-0.39, 0.29) is 5.91 Å². The molecule has 5 rings (SSSR count). The molecule has 0 aliphatic heterocycles. The topological polar surface area (TPSA) is 75.1 Å². The third kappa shape index (κ3) is 2.58. The van der Waals surface area contributed by atoms with Gasteiger partial charge in [0.15, 0.2) is 5.82 Å². The van der Waals surface area contributed by atoms with Gasteiger partial charge in [0.2, 0.25) is 5.91 Å². The second-order valence-electron chi connectivity index (χ2n) is 7.18. The Bertz CT molecular complexity index is 1250. The lowest BCUT2D eigenvalue weighted by molar-refractivity contribution is -0.117. The van der Waals surface area contributed by atoms with Crippen LogP contribution in [0.5, 0.6) is 0 Å². The lowest BCUT2D eigenvalue weighted by Crippen LogP contribution is -2.15. The fourth-order valence-corrected chi connectivity index (χ4v) is 3.68. The molecule has 0 unspecified atom stereocenters. The van der Waals surface area contributed by atoms with E-state index in [9.17, 15) is 9.18 Å². The number of amides is 1. The lowest BCUT2D eigenvalue weighted by Gasteiger charge is -2.10. The molecule has 6 nitrogen and oxygen atoms in total. The van der Waals surface area contributed by atoms with Gasteiger partial charge in [-0.2, -0.15) is 5.10 Å². The number of nitrogens with one attached hydrogen (secondary N) is 2. The highest BCUT2D eigenvalue weighted by Gasteiger charge is 2.43. The number of rotatable bonds is 4. The van der Waals surface area contributed by atoms with E-state index in [4.69, 9.17) is 0 Å². The third-order valence-electron chi connectivity index (χ3n) is 5.22. The summed E-state index contributed by atoms with van der Waals surface area (Å²) in [6.45, 7) is 5.93. The molecule has 1 amide bonds. The molecule has 3 heterocycles. The van der Waals surface area contributed by atoms with Crippen LogP contribution in [0.2, 0.25) is 0 Å². The number of aryl methyl sites for hydroxylation is 1. The predicted molar refractivity (Wildman–Crippen MR) is 107 cm³/mol. The number of imidazole rings is 1. The van der Waals surface area contributed by atoms with Crippen molar-refractivity contribution >= 4 is 34.4 Å². The normalized spacial score (nSPS) is 18.5. The zero-order chi connectivity index (χ0) is 19.4. The Hall–Kier alpha value is -3.48. The molecule has 1 fully saturated rings. The Morgan fingerprint density at radius 2 is 2.25 bits per heavy atom. The minimum Gasteiger partial charge on any atom is -0.309 e. The van der Waals surface area contributed by atoms with Gasteiger partial charge in [-0.05, 0) is 53.8 Å². The molecule has 3 aromatic heterocycles. The van der Waals surface area contributed by atoms with Crippen molar-refractivity contribution in [3.8, 4) is 11.1 Å². The summed E-state index contributed by atoms with van der Waals surface area (Å²) in [5.74, 6) is -0.429. The summed E-state index contributed by atoms with van der Waals surface area (Å²) in [5, 5.41) is 11.0. The number of hydrogen-bond donors (Lipinski definition) is 2. The maximum absolute atomic E-state index is 13.1. The number of H-pyrrole nitrogens is 1. The summed E-state index contributed by atoms with van der Waals surface area (Å²) >= 11 is 0. The van der Waals surface area contributed by atoms with Gasteiger partial charge in [0, 0.05) is 11.6 Å². The van der Waals surface area contributed by atoms with Crippen LogP contribution in [0.1, 0.15) is 17.5 Å². The molecule has 2 atom stereocenters. The number of carbonyl (C=O) groups excluding carboxylic acids is 1. The van der Waals surface area contributed by atoms with Crippen molar-refractivity contribution in [2.75, 3.05) is 5.32 Å². The molecule has 0 spiro atoms. The van der Waals surface area contributed by atoms with E-state index >= 15 is 0 Å². The zero-order valence-electron chi connectivity index (χ0n) is 15.2. The van der Waals surface area contributed by atoms with E-state index in [1.165, 1.54) is 0 Å². The maximum Gasteiger partial charge on any atom is 0.231 e. The summed E-state index contributed by atoms with van der Waals surface area (Å²) in [5.41, 5.74) is 5.85. The zero-order valence-corrected chi connectivity index (χ0v) is 15.2. The number of benzene rings is 1. The van der Waals surface area contributed by atoms with Gasteiger partial charge in [-0.15, -0.1) is 0 Å². The fourth-order valence-electron chi connectivity index (χ4n) is 3.68. The number of hydrogen-bond acceptors (Lipinski definition) is 3. The monoisotopic (exact) mass is 375 g/mol. The molecular formula is C21H18FN5O. The number of alkyl halides is 1. The van der Waals surface area contributed by atoms with Crippen molar-refractivity contribution in [1.82, 2.24) is 19.6 Å². The smallest absolute Gasteiger partial charge is 0.231 e. The number of nitrogens with zero attached hydrogens (tertiary/aromatic N) is 3. The first-order valence-corrected chi connectivity index (χ1v) is 9.08. The van der Waals surface area contributed by atoms with Gasteiger partial charge in [-0.3, -0.25) is 9.89 Å². The third-order valence-corrected chi connectivity index (χ3v) is 5.22. The van der Waals surface area contributed by atoms with Crippen LogP contribution in [0, 0.1) is 12.8 Å². The van der Waals surface area contributed by atoms with Crippen molar-refractivity contribution in [3.05, 3.63) is 54.5 Å². The predicted octanol–water partition coefficient (Wildman–Crippen LogP) is 4.13. The van der Waals surface area contributed by atoms with Gasteiger partial charge in [-0.25, -0.2) is 9.37 Å². The van der Waals surface area contributed by atoms with Gasteiger partial charge in [0.25, 0.3) is 0 Å². The number of pyridine rings is 1. The SMILES string of the molecule is C=Cc1cc(C)c(-c2ccc3nc(NC(=O)[C@@H]4C[C@@H]4F)cn3c2)c2cn[nH]c12. The summed E-state index contributed by atoms with van der Waals surface area (Å²) < 4.78 is 14.9. The van der Waals surface area contributed by atoms with Crippen LogP contribution in [0.4, 0.5) is 10.2 Å². The van der Waals surface area contributed by atoms with E-state index in [1.807, 2.05) is 35.0 Å². The van der Waals surface area contributed by atoms with Crippen molar-refractivity contribution in [2.24, 2.45) is 5.92 Å². The van der Waals surface area contributed by atoms with Crippen LogP contribution in [-0.4, -0.2) is 31.7 Å². The molecule has 0 bridgehead atoms. The summed E-state index contributed by atoms with van der Waals surface area (Å²) in [6.07, 6.45) is 6.61. The van der Waals surface area contributed by atoms with Crippen molar-refractivity contribution < 1.29 is 9.18 Å².